The SMILES string of the molecule is O=S(=O)([O-])C(F)(F)C(F)(F)C(F)(F)C(F)(F)C(F)(F)C(F)(F)C(F)(F)C(F)(F)C(F)(F)F. The Balaban J connectivity index is 7.06. The summed E-state index contributed by atoms with van der Waals surface area (Å²) in [6.45, 7) is 0. The Hall–Kier alpha value is -1.42. The monoisotopic (exact) mass is 549 g/mol. The third-order valence-electron chi connectivity index (χ3n) is 3.40. The Morgan fingerprint density at radius 1 is 0.375 bits per heavy atom. The van der Waals surface area contributed by atoms with E-state index in [1.807, 2.05) is 0 Å². The highest BCUT2D eigenvalue weighted by molar-refractivity contribution is 7.86. The smallest absolute Gasteiger partial charge is 0.460 e. The Kier molecular flexibility index (Phi) is 6.73. The number of halogens is 19. The lowest BCUT2D eigenvalue weighted by Crippen LogP contribution is -2.76. The minimum Gasteiger partial charge on any atom is -0.743 e. The third-order valence-corrected chi connectivity index (χ3v) is 4.29. The summed E-state index contributed by atoms with van der Waals surface area (Å²) in [6, 6.07) is 0. The summed E-state index contributed by atoms with van der Waals surface area (Å²) in [6.07, 6.45) is -8.00. The highest BCUT2D eigenvalue weighted by atomic mass is 32.2. The molecule has 0 aliphatic heterocycles. The highest BCUT2D eigenvalue weighted by Gasteiger charge is 2.97. The van der Waals surface area contributed by atoms with Crippen molar-refractivity contribution in [1.82, 2.24) is 0 Å². The van der Waals surface area contributed by atoms with Crippen LogP contribution in [0.1, 0.15) is 0 Å². The Bertz CT molecular complexity index is 821. The lowest BCUT2D eigenvalue weighted by Gasteiger charge is -2.43. The van der Waals surface area contributed by atoms with Gasteiger partial charge < -0.3 is 4.55 Å². The molecular weight excluding hydrogens is 549 g/mol. The fourth-order valence-electron chi connectivity index (χ4n) is 1.50. The minimum atomic E-state index is -9.17. The van der Waals surface area contributed by atoms with Crippen molar-refractivity contribution in [2.75, 3.05) is 0 Å². The standard InChI is InChI=1S/C9HF19O3S/c10-1(11,2(12,13)4(16,17)6(20,21)8(24,25)26)3(14,15)5(18,19)7(22,23)9(27,28)32(29,30)31/h(H,29,30,31)/p-1. The zero-order valence-electron chi connectivity index (χ0n) is 13.3. The van der Waals surface area contributed by atoms with Crippen molar-refractivity contribution in [2.45, 2.75) is 52.9 Å². The topological polar surface area (TPSA) is 57.2 Å². The summed E-state index contributed by atoms with van der Waals surface area (Å²) in [7, 11) is -8.25. The van der Waals surface area contributed by atoms with Crippen LogP contribution in [0.4, 0.5) is 83.4 Å². The van der Waals surface area contributed by atoms with E-state index in [-0.39, 0.29) is 0 Å². The molecular formula is C9F19O3S-. The van der Waals surface area contributed by atoms with E-state index in [0.29, 0.717) is 0 Å². The molecule has 0 spiro atoms. The molecule has 0 atom stereocenters. The molecule has 0 amide bonds. The van der Waals surface area contributed by atoms with Crippen LogP contribution in [-0.4, -0.2) is 65.9 Å². The number of hydrogen-bond acceptors (Lipinski definition) is 3. The maximum absolute atomic E-state index is 13.2. The lowest BCUT2D eigenvalue weighted by atomic mass is 9.89. The number of alkyl halides is 19. The molecule has 0 aliphatic carbocycles. The molecule has 0 fully saturated rings. The number of rotatable bonds is 8. The summed E-state index contributed by atoms with van der Waals surface area (Å²) in [5, 5.41) is -8.07. The quantitative estimate of drug-likeness (QED) is 0.312. The van der Waals surface area contributed by atoms with Gasteiger partial charge in [0.25, 0.3) is 0 Å². The first-order chi connectivity index (χ1) is 13.2. The Labute approximate surface area is 160 Å². The molecule has 194 valence electrons. The molecule has 0 aromatic heterocycles. The summed E-state index contributed by atoms with van der Waals surface area (Å²) < 4.78 is 272. The average molecular weight is 549 g/mol. The first kappa shape index (κ1) is 30.6. The van der Waals surface area contributed by atoms with E-state index in [1.165, 1.54) is 0 Å². The normalized spacial score (nSPS) is 17.0. The van der Waals surface area contributed by atoms with Crippen molar-refractivity contribution in [3.05, 3.63) is 0 Å². The predicted octanol–water partition coefficient (Wildman–Crippen LogP) is 5.13. The van der Waals surface area contributed by atoms with Gasteiger partial charge >= 0.3 is 52.9 Å². The van der Waals surface area contributed by atoms with Crippen LogP contribution in [0.3, 0.4) is 0 Å². The maximum atomic E-state index is 13.2. The second kappa shape index (κ2) is 7.04. The first-order valence-electron chi connectivity index (χ1n) is 6.29. The molecule has 23 heteroatoms. The van der Waals surface area contributed by atoms with Crippen LogP contribution in [0.25, 0.3) is 0 Å². The molecule has 0 N–H and O–H groups in total. The molecule has 0 bridgehead atoms. The van der Waals surface area contributed by atoms with Gasteiger partial charge in [0.2, 0.25) is 0 Å². The van der Waals surface area contributed by atoms with Crippen LogP contribution in [0.2, 0.25) is 0 Å². The van der Waals surface area contributed by atoms with E-state index < -0.39 is 63.0 Å². The van der Waals surface area contributed by atoms with E-state index in [0.717, 1.165) is 0 Å². The van der Waals surface area contributed by atoms with Crippen LogP contribution in [0.15, 0.2) is 0 Å². The van der Waals surface area contributed by atoms with Gasteiger partial charge in [0, 0.05) is 0 Å². The van der Waals surface area contributed by atoms with Crippen LogP contribution < -0.4 is 0 Å². The highest BCUT2D eigenvalue weighted by Crippen LogP contribution is 2.65. The van der Waals surface area contributed by atoms with E-state index >= 15 is 0 Å². The van der Waals surface area contributed by atoms with Gasteiger partial charge in [-0.1, -0.05) is 0 Å². The predicted molar refractivity (Wildman–Crippen MR) is 55.3 cm³/mol. The summed E-state index contributed by atoms with van der Waals surface area (Å²) in [5.41, 5.74) is 0. The van der Waals surface area contributed by atoms with Gasteiger partial charge in [-0.2, -0.15) is 83.4 Å². The molecule has 0 radical (unpaired) electrons. The first-order valence-corrected chi connectivity index (χ1v) is 7.70. The molecule has 0 aromatic carbocycles. The lowest BCUT2D eigenvalue weighted by molar-refractivity contribution is -0.466. The van der Waals surface area contributed by atoms with Crippen molar-refractivity contribution < 1.29 is 96.4 Å². The van der Waals surface area contributed by atoms with E-state index in [4.69, 9.17) is 0 Å². The Morgan fingerprint density at radius 2 is 0.562 bits per heavy atom. The zero-order chi connectivity index (χ0) is 27.0. The summed E-state index contributed by atoms with van der Waals surface area (Å²) in [4.78, 5) is 0. The fourth-order valence-corrected chi connectivity index (χ4v) is 1.95. The minimum absolute atomic E-state index is 8.00. The van der Waals surface area contributed by atoms with E-state index in [2.05, 4.69) is 0 Å². The Morgan fingerprint density at radius 3 is 0.750 bits per heavy atom. The van der Waals surface area contributed by atoms with Crippen molar-refractivity contribution in [3.63, 3.8) is 0 Å². The van der Waals surface area contributed by atoms with Gasteiger partial charge in [-0.15, -0.1) is 0 Å². The van der Waals surface area contributed by atoms with E-state index in [1.54, 1.807) is 0 Å². The van der Waals surface area contributed by atoms with Crippen LogP contribution in [0.5, 0.6) is 0 Å². The molecule has 0 heterocycles. The van der Waals surface area contributed by atoms with Gasteiger partial charge in [-0.25, -0.2) is 8.42 Å². The maximum Gasteiger partial charge on any atom is 0.460 e. The molecule has 0 aliphatic rings. The molecule has 3 nitrogen and oxygen atoms in total. The molecule has 0 rings (SSSR count). The molecule has 0 aromatic rings. The van der Waals surface area contributed by atoms with Crippen LogP contribution >= 0.6 is 0 Å². The largest absolute Gasteiger partial charge is 0.743 e. The van der Waals surface area contributed by atoms with Gasteiger partial charge in [0.15, 0.2) is 10.1 Å². The van der Waals surface area contributed by atoms with Gasteiger partial charge in [-0.05, 0) is 0 Å². The second-order valence-electron chi connectivity index (χ2n) is 5.49. The zero-order valence-corrected chi connectivity index (χ0v) is 14.1. The average Bonchev–Trinajstić information content (AvgIpc) is 2.51. The van der Waals surface area contributed by atoms with Crippen LogP contribution in [0, 0.1) is 0 Å². The fraction of sp³-hybridized carbons (Fsp3) is 1.00. The molecule has 0 unspecified atom stereocenters. The van der Waals surface area contributed by atoms with E-state index in [9.17, 15) is 96.4 Å². The third kappa shape index (κ3) is 3.43. The van der Waals surface area contributed by atoms with Gasteiger partial charge in [0.05, 0.1) is 0 Å². The summed E-state index contributed by atoms with van der Waals surface area (Å²) >= 11 is 0. The summed E-state index contributed by atoms with van der Waals surface area (Å²) in [5.74, 6) is -62.3. The van der Waals surface area contributed by atoms with Crippen molar-refractivity contribution in [3.8, 4) is 0 Å². The van der Waals surface area contributed by atoms with Gasteiger partial charge in [-0.3, -0.25) is 0 Å². The van der Waals surface area contributed by atoms with Crippen LogP contribution in [-0.2, 0) is 10.1 Å². The number of hydrogen-bond donors (Lipinski definition) is 0. The molecule has 0 saturated carbocycles. The van der Waals surface area contributed by atoms with Crippen molar-refractivity contribution >= 4 is 10.1 Å². The van der Waals surface area contributed by atoms with Crippen molar-refractivity contribution in [1.29, 1.82) is 0 Å². The molecule has 0 saturated heterocycles. The molecule has 32 heavy (non-hydrogen) atoms. The second-order valence-corrected chi connectivity index (χ2v) is 6.91. The van der Waals surface area contributed by atoms with Crippen molar-refractivity contribution in [2.24, 2.45) is 0 Å². The van der Waals surface area contributed by atoms with Gasteiger partial charge in [0.1, 0.15) is 0 Å².